The van der Waals surface area contributed by atoms with Crippen LogP contribution in [0.15, 0.2) is 24.7 Å². The number of hydrogen-bond donors (Lipinski definition) is 3. The van der Waals surface area contributed by atoms with Gasteiger partial charge in [-0.05, 0) is 13.0 Å². The zero-order chi connectivity index (χ0) is 13.0. The molecule has 0 spiro atoms. The van der Waals surface area contributed by atoms with Crippen LogP contribution in [-0.4, -0.2) is 27.4 Å². The van der Waals surface area contributed by atoms with Crippen molar-refractivity contribution in [3.8, 4) is 0 Å². The van der Waals surface area contributed by atoms with E-state index in [1.165, 1.54) is 18.5 Å². The van der Waals surface area contributed by atoms with Crippen molar-refractivity contribution in [3.05, 3.63) is 36.0 Å². The van der Waals surface area contributed by atoms with E-state index in [2.05, 4.69) is 25.6 Å². The Kier molecular flexibility index (Phi) is 3.52. The van der Waals surface area contributed by atoms with Gasteiger partial charge in [0.1, 0.15) is 0 Å². The summed E-state index contributed by atoms with van der Waals surface area (Å²) in [6, 6.07) is 1.31. The lowest BCUT2D eigenvalue weighted by molar-refractivity contribution is 0.102. The van der Waals surface area contributed by atoms with E-state index in [1.807, 2.05) is 6.92 Å². The Balaban J connectivity index is 2.22. The first-order valence-electron chi connectivity index (χ1n) is 5.41. The first kappa shape index (κ1) is 12.0. The third kappa shape index (κ3) is 2.45. The van der Waals surface area contributed by atoms with Crippen LogP contribution in [-0.2, 0) is 0 Å². The quantitative estimate of drug-likeness (QED) is 0.769. The number of imidazole rings is 1. The highest BCUT2D eigenvalue weighted by Crippen LogP contribution is 2.15. The molecule has 3 N–H and O–H groups in total. The molecular weight excluding hydrogens is 237 g/mol. The van der Waals surface area contributed by atoms with E-state index in [9.17, 15) is 9.18 Å². The molecule has 0 bridgehead atoms. The molecule has 0 saturated carbocycles. The van der Waals surface area contributed by atoms with Crippen molar-refractivity contribution < 1.29 is 9.18 Å². The standard InChI is InChI=1S/C11H12FN5O/c1-2-13-9-8(12)7(3-4-14-9)10(18)17-11-15-5-6-16-11/h3-6H,2H2,1H3,(H,13,14)(H2,15,16,17,18). The van der Waals surface area contributed by atoms with E-state index in [4.69, 9.17) is 0 Å². The molecule has 2 heterocycles. The minimum absolute atomic E-state index is 0.0598. The summed E-state index contributed by atoms with van der Waals surface area (Å²) < 4.78 is 13.9. The van der Waals surface area contributed by atoms with Gasteiger partial charge in [-0.1, -0.05) is 0 Å². The number of nitrogens with one attached hydrogen (secondary N) is 3. The van der Waals surface area contributed by atoms with Crippen molar-refractivity contribution in [2.24, 2.45) is 0 Å². The highest BCUT2D eigenvalue weighted by molar-refractivity contribution is 6.03. The number of halogens is 1. The van der Waals surface area contributed by atoms with Crippen LogP contribution in [0.5, 0.6) is 0 Å². The van der Waals surface area contributed by atoms with Gasteiger partial charge >= 0.3 is 0 Å². The number of aromatic nitrogens is 3. The molecule has 0 fully saturated rings. The van der Waals surface area contributed by atoms with Crippen molar-refractivity contribution in [2.45, 2.75) is 6.92 Å². The fraction of sp³-hybridized carbons (Fsp3) is 0.182. The van der Waals surface area contributed by atoms with Gasteiger partial charge in [-0.15, -0.1) is 0 Å². The lowest BCUT2D eigenvalue weighted by Crippen LogP contribution is -2.16. The molecule has 7 heteroatoms. The Morgan fingerprint density at radius 1 is 1.44 bits per heavy atom. The van der Waals surface area contributed by atoms with Crippen LogP contribution in [0.1, 0.15) is 17.3 Å². The molecule has 6 nitrogen and oxygen atoms in total. The monoisotopic (exact) mass is 249 g/mol. The van der Waals surface area contributed by atoms with E-state index in [0.717, 1.165) is 0 Å². The minimum atomic E-state index is -0.677. The van der Waals surface area contributed by atoms with Crippen molar-refractivity contribution in [1.29, 1.82) is 0 Å². The van der Waals surface area contributed by atoms with Gasteiger partial charge < -0.3 is 10.3 Å². The number of carbonyl (C=O) groups excluding carboxylic acids is 1. The fourth-order valence-corrected chi connectivity index (χ4v) is 1.42. The second kappa shape index (κ2) is 5.26. The molecule has 0 atom stereocenters. The Hall–Kier alpha value is -2.44. The second-order valence-corrected chi connectivity index (χ2v) is 3.44. The Labute approximate surface area is 103 Å². The summed E-state index contributed by atoms with van der Waals surface area (Å²) in [6.45, 7) is 2.34. The maximum Gasteiger partial charge on any atom is 0.261 e. The van der Waals surface area contributed by atoms with Crippen LogP contribution in [0.25, 0.3) is 0 Å². The number of anilines is 2. The van der Waals surface area contributed by atoms with Crippen molar-refractivity contribution in [1.82, 2.24) is 15.0 Å². The van der Waals surface area contributed by atoms with Crippen LogP contribution >= 0.6 is 0 Å². The molecule has 1 amide bonds. The molecule has 0 aromatic carbocycles. The number of hydrogen-bond acceptors (Lipinski definition) is 4. The maximum absolute atomic E-state index is 13.9. The van der Waals surface area contributed by atoms with Crippen LogP contribution in [0.3, 0.4) is 0 Å². The zero-order valence-corrected chi connectivity index (χ0v) is 9.70. The first-order valence-corrected chi connectivity index (χ1v) is 5.41. The number of H-pyrrole nitrogens is 1. The minimum Gasteiger partial charge on any atom is -0.368 e. The highest BCUT2D eigenvalue weighted by atomic mass is 19.1. The average molecular weight is 249 g/mol. The highest BCUT2D eigenvalue weighted by Gasteiger charge is 2.16. The topological polar surface area (TPSA) is 82.7 Å². The molecule has 94 valence electrons. The second-order valence-electron chi connectivity index (χ2n) is 3.44. The van der Waals surface area contributed by atoms with Crippen molar-refractivity contribution in [3.63, 3.8) is 0 Å². The van der Waals surface area contributed by atoms with Crippen molar-refractivity contribution in [2.75, 3.05) is 17.2 Å². The fourth-order valence-electron chi connectivity index (χ4n) is 1.42. The predicted molar refractivity (Wildman–Crippen MR) is 64.9 cm³/mol. The van der Waals surface area contributed by atoms with Gasteiger partial charge in [-0.2, -0.15) is 0 Å². The van der Waals surface area contributed by atoms with Gasteiger partial charge in [0.2, 0.25) is 5.95 Å². The molecule has 2 aromatic rings. The van der Waals surface area contributed by atoms with E-state index in [1.54, 1.807) is 6.20 Å². The summed E-state index contributed by atoms with van der Waals surface area (Å²) in [5.74, 6) is -0.932. The predicted octanol–water partition coefficient (Wildman–Crippen LogP) is 1.63. The van der Waals surface area contributed by atoms with Gasteiger partial charge in [0.25, 0.3) is 5.91 Å². The van der Waals surface area contributed by atoms with Crippen LogP contribution < -0.4 is 10.6 Å². The number of pyridine rings is 1. The Morgan fingerprint density at radius 3 is 2.94 bits per heavy atom. The molecule has 0 aliphatic carbocycles. The SMILES string of the molecule is CCNc1nccc(C(=O)Nc2ncc[nH]2)c1F. The molecule has 18 heavy (non-hydrogen) atoms. The average Bonchev–Trinajstić information content (AvgIpc) is 2.85. The summed E-state index contributed by atoms with van der Waals surface area (Å²) >= 11 is 0. The van der Waals surface area contributed by atoms with Gasteiger partial charge in [0.15, 0.2) is 11.6 Å². The number of aromatic amines is 1. The third-order valence-corrected chi connectivity index (χ3v) is 2.21. The largest absolute Gasteiger partial charge is 0.368 e. The van der Waals surface area contributed by atoms with Crippen LogP contribution in [0.2, 0.25) is 0 Å². The lowest BCUT2D eigenvalue weighted by atomic mass is 10.2. The van der Waals surface area contributed by atoms with Crippen LogP contribution in [0, 0.1) is 5.82 Å². The first-order chi connectivity index (χ1) is 8.72. The maximum atomic E-state index is 13.9. The zero-order valence-electron chi connectivity index (χ0n) is 9.70. The van der Waals surface area contributed by atoms with Gasteiger partial charge in [-0.25, -0.2) is 14.4 Å². The van der Waals surface area contributed by atoms with E-state index in [-0.39, 0.29) is 17.3 Å². The summed E-state index contributed by atoms with van der Waals surface area (Å²) in [5, 5.41) is 5.19. The molecule has 0 aliphatic rings. The van der Waals surface area contributed by atoms with Crippen LogP contribution in [0.4, 0.5) is 16.2 Å². The van der Waals surface area contributed by atoms with Gasteiger partial charge in [-0.3, -0.25) is 10.1 Å². The van der Waals surface area contributed by atoms with E-state index in [0.29, 0.717) is 6.54 Å². The molecule has 0 saturated heterocycles. The molecule has 2 aromatic heterocycles. The molecule has 2 rings (SSSR count). The summed E-state index contributed by atoms with van der Waals surface area (Å²) in [6.07, 6.45) is 4.42. The Bertz CT molecular complexity index is 540. The molecule has 0 unspecified atom stereocenters. The number of amides is 1. The summed E-state index contributed by atoms with van der Waals surface area (Å²) in [5.41, 5.74) is -0.0858. The smallest absolute Gasteiger partial charge is 0.261 e. The molecular formula is C11H12FN5O. The van der Waals surface area contributed by atoms with E-state index < -0.39 is 11.7 Å². The third-order valence-electron chi connectivity index (χ3n) is 2.21. The van der Waals surface area contributed by atoms with Gasteiger partial charge in [0.05, 0.1) is 5.56 Å². The number of carbonyl (C=O) groups is 1. The molecule has 0 aliphatic heterocycles. The number of rotatable bonds is 4. The van der Waals surface area contributed by atoms with Gasteiger partial charge in [0, 0.05) is 25.1 Å². The normalized spacial score (nSPS) is 10.1. The number of nitrogens with zero attached hydrogens (tertiary/aromatic N) is 2. The Morgan fingerprint density at radius 2 is 2.28 bits per heavy atom. The lowest BCUT2D eigenvalue weighted by Gasteiger charge is -2.07. The van der Waals surface area contributed by atoms with E-state index >= 15 is 0 Å². The van der Waals surface area contributed by atoms with Crippen molar-refractivity contribution >= 4 is 17.7 Å². The summed E-state index contributed by atoms with van der Waals surface area (Å²) in [4.78, 5) is 22.2. The summed E-state index contributed by atoms with van der Waals surface area (Å²) in [7, 11) is 0. The molecule has 0 radical (unpaired) electrons.